The molecule has 1 saturated heterocycles. The van der Waals surface area contributed by atoms with Gasteiger partial charge in [0.15, 0.2) is 5.75 Å². The summed E-state index contributed by atoms with van der Waals surface area (Å²) in [6.07, 6.45) is 3.60. The molecule has 0 aliphatic carbocycles. The van der Waals surface area contributed by atoms with Crippen LogP contribution in [0.15, 0.2) is 42.5 Å². The topological polar surface area (TPSA) is 129 Å². The van der Waals surface area contributed by atoms with Crippen LogP contribution in [0.25, 0.3) is 0 Å². The molecule has 0 saturated carbocycles. The van der Waals surface area contributed by atoms with Crippen LogP contribution < -0.4 is 9.62 Å². The predicted molar refractivity (Wildman–Crippen MR) is 126 cm³/mol. The Balaban J connectivity index is 0.000000538. The van der Waals surface area contributed by atoms with Gasteiger partial charge in [-0.15, -0.1) is 0 Å². The standard InChI is InChI=1S/C24H27FN2O3.C2H2O4/c25-21-7-4-18(5-8-21)23-10-13-27(12-3-1-2-11-26)15-20(23)16-28-22-9-6-19-17-29-30-24(19)14-22;3-1(4)2(5)6/h4-9,14,20,23H,1-3,10,12-13,15-17H2;(H,3,4)(H,5,6)/t20-,23-;/m1./s1. The van der Waals surface area contributed by atoms with Gasteiger partial charge in [0.1, 0.15) is 18.2 Å². The average molecular weight is 501 g/mol. The fourth-order valence-electron chi connectivity index (χ4n) is 4.35. The number of carboxylic acid groups (broad SMARTS) is 2. The molecule has 10 heteroatoms. The summed E-state index contributed by atoms with van der Waals surface area (Å²) in [4.78, 5) is 30.8. The van der Waals surface area contributed by atoms with Crippen LogP contribution in [0.5, 0.6) is 11.5 Å². The summed E-state index contributed by atoms with van der Waals surface area (Å²) in [5, 5.41) is 23.5. The molecular weight excluding hydrogens is 471 g/mol. The number of nitriles is 1. The Bertz CT molecular complexity index is 1060. The molecule has 4 rings (SSSR count). The Hall–Kier alpha value is -3.68. The van der Waals surface area contributed by atoms with E-state index in [4.69, 9.17) is 39.6 Å². The van der Waals surface area contributed by atoms with E-state index in [1.54, 1.807) is 12.1 Å². The van der Waals surface area contributed by atoms with Gasteiger partial charge in [0.05, 0.1) is 12.7 Å². The molecule has 0 aromatic heterocycles. The van der Waals surface area contributed by atoms with Gasteiger partial charge < -0.3 is 24.7 Å². The number of aliphatic carboxylic acids is 2. The maximum atomic E-state index is 13.4. The number of benzene rings is 2. The molecule has 9 nitrogen and oxygen atoms in total. The lowest BCUT2D eigenvalue weighted by molar-refractivity contribution is -0.194. The zero-order valence-corrected chi connectivity index (χ0v) is 19.8. The van der Waals surface area contributed by atoms with Crippen molar-refractivity contribution >= 4 is 11.9 Å². The van der Waals surface area contributed by atoms with Gasteiger partial charge in [0.2, 0.25) is 0 Å². The minimum atomic E-state index is -1.82. The molecule has 0 unspecified atom stereocenters. The molecule has 2 aromatic rings. The highest BCUT2D eigenvalue weighted by molar-refractivity contribution is 6.27. The first-order valence-corrected chi connectivity index (χ1v) is 11.7. The molecule has 0 bridgehead atoms. The number of ether oxygens (including phenoxy) is 1. The second-order valence-electron chi connectivity index (χ2n) is 8.66. The minimum absolute atomic E-state index is 0.207. The maximum Gasteiger partial charge on any atom is 0.414 e. The Morgan fingerprint density at radius 2 is 1.89 bits per heavy atom. The molecule has 36 heavy (non-hydrogen) atoms. The molecule has 2 aliphatic heterocycles. The van der Waals surface area contributed by atoms with Crippen molar-refractivity contribution in [3.8, 4) is 17.6 Å². The number of piperidine rings is 1. The van der Waals surface area contributed by atoms with Crippen molar-refractivity contribution < 1.29 is 38.7 Å². The summed E-state index contributed by atoms with van der Waals surface area (Å²) in [6, 6.07) is 14.9. The van der Waals surface area contributed by atoms with Crippen LogP contribution >= 0.6 is 0 Å². The van der Waals surface area contributed by atoms with E-state index in [9.17, 15) is 4.39 Å². The third-order valence-corrected chi connectivity index (χ3v) is 6.18. The number of carboxylic acids is 2. The molecule has 2 aliphatic rings. The van der Waals surface area contributed by atoms with E-state index >= 15 is 0 Å². The number of hydrogen-bond donors (Lipinski definition) is 2. The number of halogens is 1. The SMILES string of the molecule is N#CCCCCN1CC[C@H](c2ccc(F)cc2)[C@@H](COc2ccc3c(c2)OOC3)C1.O=C(O)C(=O)O. The fourth-order valence-corrected chi connectivity index (χ4v) is 4.35. The second-order valence-corrected chi connectivity index (χ2v) is 8.66. The van der Waals surface area contributed by atoms with Crippen molar-refractivity contribution in [1.29, 1.82) is 5.26 Å². The molecule has 1 fully saturated rings. The summed E-state index contributed by atoms with van der Waals surface area (Å²) >= 11 is 0. The van der Waals surface area contributed by atoms with Crippen LogP contribution in [0.1, 0.15) is 42.7 Å². The normalized spacial score (nSPS) is 18.7. The van der Waals surface area contributed by atoms with E-state index in [2.05, 4.69) is 11.0 Å². The summed E-state index contributed by atoms with van der Waals surface area (Å²) in [5.74, 6) is -1.75. The van der Waals surface area contributed by atoms with Crippen LogP contribution in [-0.4, -0.2) is 53.3 Å². The number of nitrogens with zero attached hydrogens (tertiary/aromatic N) is 2. The van der Waals surface area contributed by atoms with Crippen molar-refractivity contribution in [3.05, 3.63) is 59.4 Å². The van der Waals surface area contributed by atoms with Gasteiger partial charge in [-0.1, -0.05) is 12.1 Å². The minimum Gasteiger partial charge on any atom is -0.493 e. The largest absolute Gasteiger partial charge is 0.493 e. The van der Waals surface area contributed by atoms with Gasteiger partial charge >= 0.3 is 11.9 Å². The average Bonchev–Trinajstić information content (AvgIpc) is 3.34. The Kier molecular flexibility index (Phi) is 10.0. The first-order chi connectivity index (χ1) is 17.4. The van der Waals surface area contributed by atoms with Gasteiger partial charge in [-0.3, -0.25) is 0 Å². The third kappa shape index (κ3) is 7.93. The van der Waals surface area contributed by atoms with Crippen molar-refractivity contribution in [2.75, 3.05) is 26.2 Å². The Morgan fingerprint density at radius 3 is 2.58 bits per heavy atom. The van der Waals surface area contributed by atoms with Crippen LogP contribution in [0.4, 0.5) is 4.39 Å². The second kappa shape index (κ2) is 13.4. The van der Waals surface area contributed by atoms with E-state index in [1.807, 2.05) is 30.3 Å². The smallest absolute Gasteiger partial charge is 0.414 e. The van der Waals surface area contributed by atoms with E-state index in [0.29, 0.717) is 37.2 Å². The summed E-state index contributed by atoms with van der Waals surface area (Å²) in [7, 11) is 0. The zero-order valence-electron chi connectivity index (χ0n) is 19.8. The first-order valence-electron chi connectivity index (χ1n) is 11.7. The van der Waals surface area contributed by atoms with Gasteiger partial charge in [0, 0.05) is 30.5 Å². The van der Waals surface area contributed by atoms with Crippen molar-refractivity contribution in [2.45, 2.75) is 38.2 Å². The van der Waals surface area contributed by atoms with E-state index < -0.39 is 11.9 Å². The number of carbonyl (C=O) groups is 2. The molecule has 0 radical (unpaired) electrons. The Morgan fingerprint density at radius 1 is 1.14 bits per heavy atom. The number of unbranched alkanes of at least 4 members (excludes halogenated alkanes) is 2. The quantitative estimate of drug-likeness (QED) is 0.314. The van der Waals surface area contributed by atoms with Gasteiger partial charge in [0.25, 0.3) is 0 Å². The van der Waals surface area contributed by atoms with E-state index in [-0.39, 0.29) is 5.82 Å². The molecule has 0 spiro atoms. The van der Waals surface area contributed by atoms with Crippen LogP contribution in [0, 0.1) is 23.1 Å². The molecular formula is C26H29FN2O7. The summed E-state index contributed by atoms with van der Waals surface area (Å²) < 4.78 is 19.6. The molecule has 2 heterocycles. The highest BCUT2D eigenvalue weighted by Crippen LogP contribution is 2.35. The molecule has 2 atom stereocenters. The van der Waals surface area contributed by atoms with Crippen molar-refractivity contribution in [2.24, 2.45) is 5.92 Å². The monoisotopic (exact) mass is 500 g/mol. The molecule has 0 amide bonds. The zero-order chi connectivity index (χ0) is 25.9. The van der Waals surface area contributed by atoms with E-state index in [1.165, 1.54) is 5.56 Å². The lowest BCUT2D eigenvalue weighted by Crippen LogP contribution is -2.42. The maximum absolute atomic E-state index is 13.4. The highest BCUT2D eigenvalue weighted by Gasteiger charge is 2.31. The van der Waals surface area contributed by atoms with Gasteiger partial charge in [-0.05, 0) is 68.1 Å². The van der Waals surface area contributed by atoms with Gasteiger partial charge in [-0.2, -0.15) is 10.1 Å². The lowest BCUT2D eigenvalue weighted by atomic mass is 9.80. The number of fused-ring (bicyclic) bond motifs is 1. The summed E-state index contributed by atoms with van der Waals surface area (Å²) in [5.41, 5.74) is 2.19. The first kappa shape index (κ1) is 26.9. The van der Waals surface area contributed by atoms with Crippen molar-refractivity contribution in [3.63, 3.8) is 0 Å². The van der Waals surface area contributed by atoms with Crippen LogP contribution in [-0.2, 0) is 21.1 Å². The molecule has 192 valence electrons. The van der Waals surface area contributed by atoms with Crippen LogP contribution in [0.2, 0.25) is 0 Å². The fraction of sp³-hybridized carbons (Fsp3) is 0.423. The lowest BCUT2D eigenvalue weighted by Gasteiger charge is -2.39. The van der Waals surface area contributed by atoms with Gasteiger partial charge in [-0.25, -0.2) is 14.0 Å². The van der Waals surface area contributed by atoms with Crippen LogP contribution in [0.3, 0.4) is 0 Å². The highest BCUT2D eigenvalue weighted by atomic mass is 19.1. The summed E-state index contributed by atoms with van der Waals surface area (Å²) in [6.45, 7) is 3.98. The Labute approximate surface area is 208 Å². The number of hydrogen-bond acceptors (Lipinski definition) is 7. The molecule has 2 aromatic carbocycles. The third-order valence-electron chi connectivity index (χ3n) is 6.18. The van der Waals surface area contributed by atoms with E-state index in [0.717, 1.165) is 50.2 Å². The van der Waals surface area contributed by atoms with Crippen molar-refractivity contribution in [1.82, 2.24) is 4.90 Å². The molecule has 2 N–H and O–H groups in total. The predicted octanol–water partition coefficient (Wildman–Crippen LogP) is 3.98. The number of likely N-dealkylation sites (tertiary alicyclic amines) is 1. The number of rotatable bonds is 8.